The molecule has 15 heavy (non-hydrogen) atoms. The predicted molar refractivity (Wildman–Crippen MR) is 57.3 cm³/mol. The van der Waals surface area contributed by atoms with E-state index in [2.05, 4.69) is 20.6 Å². The summed E-state index contributed by atoms with van der Waals surface area (Å²) in [6.45, 7) is 4.02. The lowest BCUT2D eigenvalue weighted by atomic mass is 10.1. The van der Waals surface area contributed by atoms with Gasteiger partial charge in [-0.1, -0.05) is 0 Å². The van der Waals surface area contributed by atoms with E-state index in [1.54, 1.807) is 18.5 Å². The molecule has 82 valence electrons. The van der Waals surface area contributed by atoms with Crippen molar-refractivity contribution in [1.82, 2.24) is 15.3 Å². The summed E-state index contributed by atoms with van der Waals surface area (Å²) in [7, 11) is 0. The van der Waals surface area contributed by atoms with Gasteiger partial charge in [0.25, 0.3) is 0 Å². The molecule has 1 rings (SSSR count). The summed E-state index contributed by atoms with van der Waals surface area (Å²) in [6, 6.07) is 1.31. The van der Waals surface area contributed by atoms with Gasteiger partial charge in [-0.25, -0.2) is 14.8 Å². The van der Waals surface area contributed by atoms with Gasteiger partial charge >= 0.3 is 6.03 Å². The third kappa shape index (κ3) is 3.90. The Bertz CT molecular complexity index is 325. The average molecular weight is 209 g/mol. The fourth-order valence-corrected chi connectivity index (χ4v) is 0.855. The molecule has 0 atom stereocenters. The highest BCUT2D eigenvalue weighted by molar-refractivity contribution is 5.87. The van der Waals surface area contributed by atoms with Crippen LogP contribution in [0.5, 0.6) is 0 Å². The van der Waals surface area contributed by atoms with Crippen LogP contribution in [0.2, 0.25) is 0 Å². The SMILES string of the molecule is CC(C)(CN)NC(=O)Nc1ncccn1. The lowest BCUT2D eigenvalue weighted by Gasteiger charge is -2.23. The van der Waals surface area contributed by atoms with Crippen molar-refractivity contribution in [3.8, 4) is 0 Å². The Morgan fingerprint density at radius 3 is 2.60 bits per heavy atom. The van der Waals surface area contributed by atoms with Crippen LogP contribution in [0.4, 0.5) is 10.7 Å². The van der Waals surface area contributed by atoms with Crippen molar-refractivity contribution in [3.63, 3.8) is 0 Å². The molecule has 0 saturated heterocycles. The Morgan fingerprint density at radius 2 is 2.07 bits per heavy atom. The summed E-state index contributed by atoms with van der Waals surface area (Å²) >= 11 is 0. The number of hydrogen-bond donors (Lipinski definition) is 3. The summed E-state index contributed by atoms with van der Waals surface area (Å²) in [5, 5.41) is 5.20. The highest BCUT2D eigenvalue weighted by Gasteiger charge is 2.18. The Hall–Kier alpha value is -1.69. The molecule has 0 aliphatic carbocycles. The molecule has 0 aliphatic rings. The molecule has 1 aromatic heterocycles. The molecular weight excluding hydrogens is 194 g/mol. The average Bonchev–Trinajstić information content (AvgIpc) is 2.18. The van der Waals surface area contributed by atoms with Crippen LogP contribution in [0.25, 0.3) is 0 Å². The standard InChI is InChI=1S/C9H15N5O/c1-9(2,6-10)14-8(15)13-7-11-4-3-5-12-7/h3-5H,6,10H2,1-2H3,(H2,11,12,13,14,15). The smallest absolute Gasteiger partial charge is 0.322 e. The van der Waals surface area contributed by atoms with Crippen LogP contribution < -0.4 is 16.4 Å². The maximum absolute atomic E-state index is 11.4. The van der Waals surface area contributed by atoms with E-state index < -0.39 is 5.54 Å². The third-order valence-corrected chi connectivity index (χ3v) is 1.75. The molecule has 1 heterocycles. The van der Waals surface area contributed by atoms with E-state index >= 15 is 0 Å². The van der Waals surface area contributed by atoms with Crippen molar-refractivity contribution in [2.75, 3.05) is 11.9 Å². The van der Waals surface area contributed by atoms with Gasteiger partial charge in [0, 0.05) is 24.5 Å². The van der Waals surface area contributed by atoms with Crippen LogP contribution in [-0.2, 0) is 0 Å². The molecule has 0 radical (unpaired) electrons. The second-order valence-corrected chi connectivity index (χ2v) is 3.74. The Balaban J connectivity index is 2.51. The van der Waals surface area contributed by atoms with Gasteiger partial charge in [-0.05, 0) is 19.9 Å². The molecule has 0 aromatic carbocycles. The van der Waals surface area contributed by atoms with E-state index in [1.807, 2.05) is 13.8 Å². The molecule has 1 aromatic rings. The van der Waals surface area contributed by atoms with Crippen molar-refractivity contribution in [2.24, 2.45) is 5.73 Å². The monoisotopic (exact) mass is 209 g/mol. The number of rotatable bonds is 3. The van der Waals surface area contributed by atoms with E-state index in [0.29, 0.717) is 6.54 Å². The number of aromatic nitrogens is 2. The van der Waals surface area contributed by atoms with Crippen molar-refractivity contribution in [2.45, 2.75) is 19.4 Å². The van der Waals surface area contributed by atoms with Gasteiger partial charge in [0.2, 0.25) is 5.95 Å². The second-order valence-electron chi connectivity index (χ2n) is 3.74. The van der Waals surface area contributed by atoms with Gasteiger partial charge in [-0.2, -0.15) is 0 Å². The Labute approximate surface area is 88.3 Å². The van der Waals surface area contributed by atoms with Crippen LogP contribution in [0, 0.1) is 0 Å². The van der Waals surface area contributed by atoms with Crippen LogP contribution in [0.15, 0.2) is 18.5 Å². The molecule has 0 aliphatic heterocycles. The molecule has 0 spiro atoms. The minimum Gasteiger partial charge on any atom is -0.332 e. The van der Waals surface area contributed by atoms with E-state index in [1.165, 1.54) is 0 Å². The third-order valence-electron chi connectivity index (χ3n) is 1.75. The molecule has 0 bridgehead atoms. The van der Waals surface area contributed by atoms with Gasteiger partial charge in [0.05, 0.1) is 0 Å². The summed E-state index contributed by atoms with van der Waals surface area (Å²) < 4.78 is 0. The Kier molecular flexibility index (Phi) is 3.56. The maximum Gasteiger partial charge on any atom is 0.322 e. The van der Waals surface area contributed by atoms with Crippen molar-refractivity contribution in [1.29, 1.82) is 0 Å². The molecule has 4 N–H and O–H groups in total. The number of nitrogens with one attached hydrogen (secondary N) is 2. The number of amides is 2. The number of carbonyl (C=O) groups is 1. The van der Waals surface area contributed by atoms with Gasteiger partial charge in [0.15, 0.2) is 0 Å². The molecule has 2 amide bonds. The number of urea groups is 1. The van der Waals surface area contributed by atoms with Crippen LogP contribution in [0.3, 0.4) is 0 Å². The Morgan fingerprint density at radius 1 is 1.47 bits per heavy atom. The maximum atomic E-state index is 11.4. The second kappa shape index (κ2) is 4.70. The highest BCUT2D eigenvalue weighted by atomic mass is 16.2. The van der Waals surface area contributed by atoms with Gasteiger partial charge in [-0.3, -0.25) is 5.32 Å². The normalized spacial score (nSPS) is 10.9. The largest absolute Gasteiger partial charge is 0.332 e. The molecule has 6 nitrogen and oxygen atoms in total. The lowest BCUT2D eigenvalue weighted by molar-refractivity contribution is 0.242. The fourth-order valence-electron chi connectivity index (χ4n) is 0.855. The zero-order chi connectivity index (χ0) is 11.3. The zero-order valence-electron chi connectivity index (χ0n) is 8.82. The minimum absolute atomic E-state index is 0.267. The summed E-state index contributed by atoms with van der Waals surface area (Å²) in [6.07, 6.45) is 3.10. The van der Waals surface area contributed by atoms with Crippen molar-refractivity contribution in [3.05, 3.63) is 18.5 Å². The van der Waals surface area contributed by atoms with Crippen molar-refractivity contribution < 1.29 is 4.79 Å². The minimum atomic E-state index is -0.446. The molecule has 0 saturated carbocycles. The van der Waals surface area contributed by atoms with Gasteiger partial charge < -0.3 is 11.1 Å². The molecule has 0 unspecified atom stereocenters. The highest BCUT2D eigenvalue weighted by Crippen LogP contribution is 2.00. The first-order valence-corrected chi connectivity index (χ1v) is 4.60. The van der Waals surface area contributed by atoms with E-state index in [4.69, 9.17) is 5.73 Å². The van der Waals surface area contributed by atoms with E-state index in [0.717, 1.165) is 0 Å². The quantitative estimate of drug-likeness (QED) is 0.669. The molecular formula is C9H15N5O. The topological polar surface area (TPSA) is 92.9 Å². The van der Waals surface area contributed by atoms with Crippen LogP contribution in [0.1, 0.15) is 13.8 Å². The predicted octanol–water partition coefficient (Wildman–Crippen LogP) is 0.335. The first kappa shape index (κ1) is 11.4. The molecule has 6 heteroatoms. The first-order chi connectivity index (χ1) is 7.03. The molecule has 0 fully saturated rings. The number of nitrogens with two attached hydrogens (primary N) is 1. The lowest BCUT2D eigenvalue weighted by Crippen LogP contribution is -2.50. The first-order valence-electron chi connectivity index (χ1n) is 4.60. The number of anilines is 1. The zero-order valence-corrected chi connectivity index (χ0v) is 8.82. The summed E-state index contributed by atoms with van der Waals surface area (Å²) in [5.41, 5.74) is 5.03. The number of carbonyl (C=O) groups excluding carboxylic acids is 1. The number of hydrogen-bond acceptors (Lipinski definition) is 4. The van der Waals surface area contributed by atoms with Crippen LogP contribution in [-0.4, -0.2) is 28.1 Å². The van der Waals surface area contributed by atoms with Gasteiger partial charge in [-0.15, -0.1) is 0 Å². The fraction of sp³-hybridized carbons (Fsp3) is 0.444. The van der Waals surface area contributed by atoms with Crippen molar-refractivity contribution >= 4 is 12.0 Å². The number of nitrogens with zero attached hydrogens (tertiary/aromatic N) is 2. The van der Waals surface area contributed by atoms with E-state index in [9.17, 15) is 4.79 Å². The summed E-state index contributed by atoms with van der Waals surface area (Å²) in [5.74, 6) is 0.267. The van der Waals surface area contributed by atoms with Gasteiger partial charge in [0.1, 0.15) is 0 Å². The van der Waals surface area contributed by atoms with Crippen LogP contribution >= 0.6 is 0 Å². The van der Waals surface area contributed by atoms with E-state index in [-0.39, 0.29) is 12.0 Å². The summed E-state index contributed by atoms with van der Waals surface area (Å²) in [4.78, 5) is 19.1.